The lowest BCUT2D eigenvalue weighted by atomic mass is 9.97. The summed E-state index contributed by atoms with van der Waals surface area (Å²) >= 11 is 0. The molecule has 0 radical (unpaired) electrons. The van der Waals surface area contributed by atoms with Crippen LogP contribution in [0.15, 0.2) is 133 Å². The van der Waals surface area contributed by atoms with Crippen LogP contribution in [0.3, 0.4) is 0 Å². The molecule has 0 aliphatic heterocycles. The summed E-state index contributed by atoms with van der Waals surface area (Å²) in [5.41, 5.74) is 9.13. The summed E-state index contributed by atoms with van der Waals surface area (Å²) in [7, 11) is 0. The molecule has 8 rings (SSSR count). The van der Waals surface area contributed by atoms with Gasteiger partial charge in [0.05, 0.1) is 38.9 Å². The molecule has 0 unspecified atom stereocenters. The Labute approximate surface area is 242 Å². The molecule has 0 fully saturated rings. The second-order valence-electron chi connectivity index (χ2n) is 10.4. The largest absolute Gasteiger partial charge is 0.309 e. The molecule has 0 atom stereocenters. The van der Waals surface area contributed by atoms with Gasteiger partial charge in [0, 0.05) is 32.8 Å². The molecule has 194 valence electrons. The molecule has 0 spiro atoms. The Kier molecular flexibility index (Phi) is 5.22. The highest BCUT2D eigenvalue weighted by Gasteiger charge is 2.20. The summed E-state index contributed by atoms with van der Waals surface area (Å²) in [6, 6.07) is 50.4. The second kappa shape index (κ2) is 9.24. The maximum atomic E-state index is 9.91. The summed E-state index contributed by atoms with van der Waals surface area (Å²) in [6.45, 7) is 0. The molecule has 6 aromatic carbocycles. The Morgan fingerprint density at radius 2 is 0.976 bits per heavy atom. The highest BCUT2D eigenvalue weighted by atomic mass is 15.0. The van der Waals surface area contributed by atoms with E-state index in [2.05, 4.69) is 130 Å². The maximum Gasteiger partial charge on any atom is 0.101 e. The van der Waals surface area contributed by atoms with Gasteiger partial charge in [-0.05, 0) is 60.2 Å². The van der Waals surface area contributed by atoms with Crippen molar-refractivity contribution < 1.29 is 0 Å². The molecule has 42 heavy (non-hydrogen) atoms. The normalized spacial score (nSPS) is 11.3. The van der Waals surface area contributed by atoms with Crippen molar-refractivity contribution in [1.29, 1.82) is 10.5 Å². The van der Waals surface area contributed by atoms with Crippen molar-refractivity contribution >= 4 is 43.6 Å². The molecule has 0 amide bonds. The zero-order chi connectivity index (χ0) is 28.2. The van der Waals surface area contributed by atoms with Crippen LogP contribution >= 0.6 is 0 Å². The summed E-state index contributed by atoms with van der Waals surface area (Å²) in [5.74, 6) is 0. The molecule has 0 saturated carbocycles. The van der Waals surface area contributed by atoms with Gasteiger partial charge in [-0.3, -0.25) is 0 Å². The first-order valence-corrected chi connectivity index (χ1v) is 13.8. The number of nitrogens with zero attached hydrogens (tertiary/aromatic N) is 4. The van der Waals surface area contributed by atoms with Crippen LogP contribution in [0.4, 0.5) is 0 Å². The smallest absolute Gasteiger partial charge is 0.101 e. The van der Waals surface area contributed by atoms with Crippen LogP contribution in [0, 0.1) is 22.7 Å². The van der Waals surface area contributed by atoms with Gasteiger partial charge in [-0.2, -0.15) is 10.5 Å². The summed E-state index contributed by atoms with van der Waals surface area (Å²) in [4.78, 5) is 0. The van der Waals surface area contributed by atoms with Crippen molar-refractivity contribution in [3.8, 4) is 34.6 Å². The molecule has 0 N–H and O–H groups in total. The van der Waals surface area contributed by atoms with Crippen LogP contribution in [0.1, 0.15) is 11.1 Å². The van der Waals surface area contributed by atoms with E-state index in [9.17, 15) is 10.5 Å². The molecule has 4 nitrogen and oxygen atoms in total. The van der Waals surface area contributed by atoms with Gasteiger partial charge in [-0.1, -0.05) is 78.9 Å². The second-order valence-corrected chi connectivity index (χ2v) is 10.4. The molecule has 0 bridgehead atoms. The van der Waals surface area contributed by atoms with E-state index >= 15 is 0 Å². The summed E-state index contributed by atoms with van der Waals surface area (Å²) < 4.78 is 4.64. The number of nitriles is 2. The lowest BCUT2D eigenvalue weighted by Crippen LogP contribution is -1.99. The predicted octanol–water partition coefficient (Wildman–Crippen LogP) is 9.29. The van der Waals surface area contributed by atoms with E-state index in [1.807, 2.05) is 18.2 Å². The number of fused-ring (bicyclic) bond motifs is 6. The lowest BCUT2D eigenvalue weighted by molar-refractivity contribution is 1.17. The topological polar surface area (TPSA) is 57.4 Å². The average molecular weight is 535 g/mol. The van der Waals surface area contributed by atoms with Crippen LogP contribution in [-0.4, -0.2) is 9.13 Å². The van der Waals surface area contributed by atoms with Gasteiger partial charge in [0.15, 0.2) is 0 Å². The Bertz CT molecular complexity index is 2380. The first-order valence-electron chi connectivity index (χ1n) is 13.8. The minimum absolute atomic E-state index is 0.367. The highest BCUT2D eigenvalue weighted by Crippen LogP contribution is 2.41. The number of rotatable bonds is 3. The van der Waals surface area contributed by atoms with Gasteiger partial charge in [0.25, 0.3) is 0 Å². The number of aromatic nitrogens is 2. The third-order valence-electron chi connectivity index (χ3n) is 8.20. The molecule has 0 saturated heterocycles. The first-order chi connectivity index (χ1) is 20.8. The quantitative estimate of drug-likeness (QED) is 0.227. The van der Waals surface area contributed by atoms with Crippen molar-refractivity contribution in [3.63, 3.8) is 0 Å². The van der Waals surface area contributed by atoms with Crippen molar-refractivity contribution in [2.24, 2.45) is 0 Å². The third-order valence-corrected chi connectivity index (χ3v) is 8.20. The molecule has 8 aromatic rings. The first kappa shape index (κ1) is 23.8. The zero-order valence-corrected chi connectivity index (χ0v) is 22.5. The maximum absolute atomic E-state index is 9.91. The predicted molar refractivity (Wildman–Crippen MR) is 170 cm³/mol. The van der Waals surface area contributed by atoms with Gasteiger partial charge >= 0.3 is 0 Å². The highest BCUT2D eigenvalue weighted by molar-refractivity contribution is 6.14. The van der Waals surface area contributed by atoms with E-state index in [1.54, 1.807) is 6.07 Å². The number of hydrogen-bond donors (Lipinski definition) is 0. The van der Waals surface area contributed by atoms with Crippen molar-refractivity contribution in [1.82, 2.24) is 9.13 Å². The van der Waals surface area contributed by atoms with E-state index < -0.39 is 0 Å². The molecule has 4 heteroatoms. The SMILES string of the molecule is N#Cc1ccc(-c2cc3c(cc2-n2c4ccccc4c4ccccc42)c2ccccc2n3-c2ccccc2)cc1C#N. The molecular weight excluding hydrogens is 512 g/mol. The van der Waals surface area contributed by atoms with Crippen LogP contribution in [0.2, 0.25) is 0 Å². The van der Waals surface area contributed by atoms with Crippen LogP contribution in [0.5, 0.6) is 0 Å². The fraction of sp³-hybridized carbons (Fsp3) is 0. The Morgan fingerprint density at radius 1 is 0.429 bits per heavy atom. The van der Waals surface area contributed by atoms with E-state index in [0.29, 0.717) is 11.1 Å². The zero-order valence-electron chi connectivity index (χ0n) is 22.5. The van der Waals surface area contributed by atoms with Crippen LogP contribution < -0.4 is 0 Å². The van der Waals surface area contributed by atoms with Gasteiger partial charge in [0.2, 0.25) is 0 Å². The van der Waals surface area contributed by atoms with Crippen molar-refractivity contribution in [3.05, 3.63) is 145 Å². The molecular formula is C38H22N4. The minimum Gasteiger partial charge on any atom is -0.309 e. The molecule has 0 aliphatic carbocycles. The Balaban J connectivity index is 1.57. The van der Waals surface area contributed by atoms with Gasteiger partial charge in [-0.25, -0.2) is 0 Å². The lowest BCUT2D eigenvalue weighted by Gasteiger charge is -2.16. The number of para-hydroxylation sites is 4. The fourth-order valence-electron chi connectivity index (χ4n) is 6.36. The monoisotopic (exact) mass is 534 g/mol. The van der Waals surface area contributed by atoms with Crippen LogP contribution in [-0.2, 0) is 0 Å². The number of hydrogen-bond acceptors (Lipinski definition) is 2. The van der Waals surface area contributed by atoms with Crippen LogP contribution in [0.25, 0.3) is 66.1 Å². The van der Waals surface area contributed by atoms with Gasteiger partial charge in [0.1, 0.15) is 12.1 Å². The fourth-order valence-corrected chi connectivity index (χ4v) is 6.36. The van der Waals surface area contributed by atoms with Crippen molar-refractivity contribution in [2.75, 3.05) is 0 Å². The van der Waals surface area contributed by atoms with E-state index in [1.165, 1.54) is 16.2 Å². The molecule has 0 aliphatic rings. The average Bonchev–Trinajstić information content (AvgIpc) is 3.56. The van der Waals surface area contributed by atoms with E-state index in [0.717, 1.165) is 50.0 Å². The number of benzene rings is 6. The van der Waals surface area contributed by atoms with Crippen molar-refractivity contribution in [2.45, 2.75) is 0 Å². The van der Waals surface area contributed by atoms with E-state index in [-0.39, 0.29) is 0 Å². The standard InChI is InChI=1S/C38H22N4/c39-23-26-19-18-25(20-27(26)24-40)32-21-38-33(31-14-6-7-15-34(31)41(38)28-10-2-1-3-11-28)22-37(32)42-35-16-8-4-12-29(35)30-13-5-9-17-36(30)42/h1-22H. The van der Waals surface area contributed by atoms with Gasteiger partial charge < -0.3 is 9.13 Å². The molecule has 2 heterocycles. The summed E-state index contributed by atoms with van der Waals surface area (Å²) in [5, 5.41) is 24.2. The third kappa shape index (κ3) is 3.40. The Morgan fingerprint density at radius 3 is 1.60 bits per heavy atom. The summed E-state index contributed by atoms with van der Waals surface area (Å²) in [6.07, 6.45) is 0. The molecule has 2 aromatic heterocycles. The Hall–Kier alpha value is -6.10. The minimum atomic E-state index is 0.367. The van der Waals surface area contributed by atoms with Gasteiger partial charge in [-0.15, -0.1) is 0 Å². The van der Waals surface area contributed by atoms with E-state index in [4.69, 9.17) is 0 Å².